The Morgan fingerprint density at radius 3 is 2.72 bits per heavy atom. The second-order valence-electron chi connectivity index (χ2n) is 6.98. The quantitative estimate of drug-likeness (QED) is 0.883. The Morgan fingerprint density at radius 2 is 2.08 bits per heavy atom. The third kappa shape index (κ3) is 3.16. The van der Waals surface area contributed by atoms with Crippen molar-refractivity contribution in [2.45, 2.75) is 56.0 Å². The van der Waals surface area contributed by atoms with E-state index in [-0.39, 0.29) is 0 Å². The number of aliphatic hydroxyl groups is 1. The van der Waals surface area contributed by atoms with Crippen molar-refractivity contribution in [3.63, 3.8) is 0 Å². The summed E-state index contributed by atoms with van der Waals surface area (Å²) in [5, 5.41) is 15.0. The van der Waals surface area contributed by atoms with Crippen molar-refractivity contribution >= 4 is 21.4 Å². The lowest BCUT2D eigenvalue weighted by atomic mass is 9.80. The molecule has 1 aliphatic carbocycles. The lowest BCUT2D eigenvalue weighted by Gasteiger charge is -2.29. The molecular formula is C17H23N3O3S2. The molecule has 0 spiro atoms. The predicted molar refractivity (Wildman–Crippen MR) is 95.8 cm³/mol. The Morgan fingerprint density at radius 1 is 1.28 bits per heavy atom. The molecule has 2 aromatic rings. The van der Waals surface area contributed by atoms with Crippen molar-refractivity contribution in [1.82, 2.24) is 14.1 Å². The summed E-state index contributed by atoms with van der Waals surface area (Å²) in [6, 6.07) is 5.41. The maximum atomic E-state index is 12.9. The van der Waals surface area contributed by atoms with Crippen LogP contribution in [-0.4, -0.2) is 34.2 Å². The third-order valence-corrected chi connectivity index (χ3v) is 8.52. The molecule has 0 saturated heterocycles. The SMILES string of the molecule is Cc1ccc(S(=O)(=O)N2CCCn3nc(C(O)C4CCC4)cc3C2)s1. The lowest BCUT2D eigenvalue weighted by Crippen LogP contribution is -2.30. The summed E-state index contributed by atoms with van der Waals surface area (Å²) in [6.45, 7) is 3.39. The number of nitrogens with zero attached hydrogens (tertiary/aromatic N) is 3. The van der Waals surface area contributed by atoms with E-state index in [1.165, 1.54) is 22.1 Å². The largest absolute Gasteiger partial charge is 0.386 e. The fraction of sp³-hybridized carbons (Fsp3) is 0.588. The van der Waals surface area contributed by atoms with E-state index in [9.17, 15) is 13.5 Å². The monoisotopic (exact) mass is 381 g/mol. The average Bonchev–Trinajstić information content (AvgIpc) is 3.07. The summed E-state index contributed by atoms with van der Waals surface area (Å²) in [4.78, 5) is 0.990. The van der Waals surface area contributed by atoms with E-state index in [2.05, 4.69) is 5.10 Å². The summed E-state index contributed by atoms with van der Waals surface area (Å²) in [6.07, 6.45) is 3.44. The van der Waals surface area contributed by atoms with Gasteiger partial charge in [-0.1, -0.05) is 6.42 Å². The Bertz CT molecular complexity index is 868. The number of aromatic nitrogens is 2. The molecule has 2 aliphatic rings. The highest BCUT2D eigenvalue weighted by Crippen LogP contribution is 2.37. The van der Waals surface area contributed by atoms with Crippen LogP contribution in [0.5, 0.6) is 0 Å². The third-order valence-electron chi connectivity index (χ3n) is 5.21. The molecule has 3 heterocycles. The van der Waals surface area contributed by atoms with Gasteiger partial charge in [0.1, 0.15) is 10.3 Å². The summed E-state index contributed by atoms with van der Waals surface area (Å²) in [5.74, 6) is 0.299. The first kappa shape index (κ1) is 17.2. The zero-order valence-electron chi connectivity index (χ0n) is 14.3. The van der Waals surface area contributed by atoms with Crippen LogP contribution >= 0.6 is 11.3 Å². The number of sulfonamides is 1. The minimum absolute atomic E-state index is 0.299. The van der Waals surface area contributed by atoms with E-state index in [1.54, 1.807) is 6.07 Å². The normalized spacial score (nSPS) is 20.7. The van der Waals surface area contributed by atoms with Crippen molar-refractivity contribution in [2.75, 3.05) is 6.54 Å². The van der Waals surface area contributed by atoms with Gasteiger partial charge in [0, 0.05) is 18.0 Å². The minimum atomic E-state index is -3.48. The molecule has 0 bridgehead atoms. The molecule has 8 heteroatoms. The van der Waals surface area contributed by atoms with Crippen LogP contribution in [0.1, 0.15) is 48.1 Å². The highest BCUT2D eigenvalue weighted by Gasteiger charge is 2.32. The molecule has 1 N–H and O–H groups in total. The van der Waals surface area contributed by atoms with E-state index >= 15 is 0 Å². The van der Waals surface area contributed by atoms with Crippen molar-refractivity contribution in [3.05, 3.63) is 34.5 Å². The molecule has 1 atom stereocenters. The van der Waals surface area contributed by atoms with Gasteiger partial charge >= 0.3 is 0 Å². The molecule has 1 saturated carbocycles. The number of aryl methyl sites for hydroxylation is 2. The van der Waals surface area contributed by atoms with Crippen molar-refractivity contribution in [3.8, 4) is 0 Å². The lowest BCUT2D eigenvalue weighted by molar-refractivity contribution is 0.0581. The van der Waals surface area contributed by atoms with Crippen molar-refractivity contribution in [1.29, 1.82) is 0 Å². The van der Waals surface area contributed by atoms with Gasteiger partial charge < -0.3 is 5.11 Å². The van der Waals surface area contributed by atoms with Gasteiger partial charge in [-0.25, -0.2) is 8.42 Å². The molecular weight excluding hydrogens is 358 g/mol. The number of hydrogen-bond acceptors (Lipinski definition) is 5. The molecule has 0 radical (unpaired) electrons. The minimum Gasteiger partial charge on any atom is -0.386 e. The van der Waals surface area contributed by atoms with E-state index in [0.29, 0.717) is 35.5 Å². The first-order valence-electron chi connectivity index (χ1n) is 8.76. The van der Waals surface area contributed by atoms with Crippen LogP contribution in [0.25, 0.3) is 0 Å². The summed E-state index contributed by atoms with van der Waals surface area (Å²) in [5.41, 5.74) is 1.55. The molecule has 1 unspecified atom stereocenters. The Balaban J connectivity index is 1.59. The summed E-state index contributed by atoms with van der Waals surface area (Å²) < 4.78 is 29.7. The zero-order chi connectivity index (χ0) is 17.6. The summed E-state index contributed by atoms with van der Waals surface area (Å²) in [7, 11) is -3.48. The topological polar surface area (TPSA) is 75.4 Å². The Kier molecular flexibility index (Phi) is 4.47. The van der Waals surface area contributed by atoms with Crippen LogP contribution in [0, 0.1) is 12.8 Å². The van der Waals surface area contributed by atoms with Gasteiger partial charge in [-0.05, 0) is 50.3 Å². The Labute approximate surface area is 152 Å². The molecule has 136 valence electrons. The van der Waals surface area contributed by atoms with Crippen LogP contribution in [-0.2, 0) is 23.1 Å². The highest BCUT2D eigenvalue weighted by atomic mass is 32.2. The number of rotatable bonds is 4. The van der Waals surface area contributed by atoms with Crippen LogP contribution < -0.4 is 0 Å². The van der Waals surface area contributed by atoms with E-state index < -0.39 is 16.1 Å². The molecule has 1 fully saturated rings. The summed E-state index contributed by atoms with van der Waals surface area (Å²) >= 11 is 1.31. The van der Waals surface area contributed by atoms with Crippen LogP contribution in [0.3, 0.4) is 0 Å². The molecule has 2 aromatic heterocycles. The number of thiophene rings is 1. The highest BCUT2D eigenvalue weighted by molar-refractivity contribution is 7.91. The fourth-order valence-electron chi connectivity index (χ4n) is 3.48. The van der Waals surface area contributed by atoms with Crippen molar-refractivity contribution < 1.29 is 13.5 Å². The van der Waals surface area contributed by atoms with Gasteiger partial charge in [0.15, 0.2) is 0 Å². The van der Waals surface area contributed by atoms with E-state index in [4.69, 9.17) is 0 Å². The predicted octanol–water partition coefficient (Wildman–Crippen LogP) is 2.68. The first-order valence-corrected chi connectivity index (χ1v) is 11.0. The smallest absolute Gasteiger partial charge is 0.252 e. The van der Waals surface area contributed by atoms with Gasteiger partial charge in [-0.2, -0.15) is 9.40 Å². The second kappa shape index (κ2) is 6.50. The first-order chi connectivity index (χ1) is 11.9. The molecule has 25 heavy (non-hydrogen) atoms. The molecule has 6 nitrogen and oxygen atoms in total. The fourth-order valence-corrected chi connectivity index (χ4v) is 6.37. The van der Waals surface area contributed by atoms with Gasteiger partial charge in [-0.15, -0.1) is 11.3 Å². The molecule has 0 aromatic carbocycles. The van der Waals surface area contributed by atoms with Crippen LogP contribution in [0.15, 0.2) is 22.4 Å². The van der Waals surface area contributed by atoms with Gasteiger partial charge in [0.25, 0.3) is 10.0 Å². The number of hydrogen-bond donors (Lipinski definition) is 1. The van der Waals surface area contributed by atoms with Crippen molar-refractivity contribution in [2.24, 2.45) is 5.92 Å². The zero-order valence-corrected chi connectivity index (χ0v) is 15.9. The van der Waals surface area contributed by atoms with E-state index in [1.807, 2.05) is 23.7 Å². The number of aliphatic hydroxyl groups excluding tert-OH is 1. The average molecular weight is 382 g/mol. The molecule has 1 aliphatic heterocycles. The molecule has 0 amide bonds. The van der Waals surface area contributed by atoms with Gasteiger partial charge in [0.05, 0.1) is 17.9 Å². The van der Waals surface area contributed by atoms with Crippen LogP contribution in [0.4, 0.5) is 0 Å². The maximum Gasteiger partial charge on any atom is 0.252 e. The second-order valence-corrected chi connectivity index (χ2v) is 10.4. The standard InChI is InChI=1S/C17H23N3O3S2/c1-12-6-7-16(24-12)25(22,23)19-8-3-9-20-14(11-19)10-15(18-20)17(21)13-4-2-5-13/h6-7,10,13,17,21H,2-5,8-9,11H2,1H3. The maximum absolute atomic E-state index is 12.9. The number of fused-ring (bicyclic) bond motifs is 1. The Hall–Kier alpha value is -1.22. The van der Waals surface area contributed by atoms with Gasteiger partial charge in [-0.3, -0.25) is 4.68 Å². The van der Waals surface area contributed by atoms with Gasteiger partial charge in [0.2, 0.25) is 0 Å². The molecule has 4 rings (SSSR count). The van der Waals surface area contributed by atoms with Crippen LogP contribution in [0.2, 0.25) is 0 Å². The van der Waals surface area contributed by atoms with E-state index in [0.717, 1.165) is 29.8 Å².